The molecule has 0 radical (unpaired) electrons. The number of fused-ring (bicyclic) bond motifs is 3. The molecule has 0 atom stereocenters. The summed E-state index contributed by atoms with van der Waals surface area (Å²) in [7, 11) is 0. The van der Waals surface area contributed by atoms with Gasteiger partial charge in [-0.15, -0.1) is 11.3 Å². The number of Topliss-reactive ketones (excluding diaryl/α,β-unsaturated/α-hetero) is 1. The first kappa shape index (κ1) is 13.4. The third kappa shape index (κ3) is 2.31. The van der Waals surface area contributed by atoms with Gasteiger partial charge in [0.15, 0.2) is 0 Å². The van der Waals surface area contributed by atoms with Crippen LogP contribution in [-0.2, 0) is 11.2 Å². The van der Waals surface area contributed by atoms with Crippen LogP contribution in [0.4, 0.5) is 0 Å². The van der Waals surface area contributed by atoms with E-state index in [9.17, 15) is 14.4 Å². The van der Waals surface area contributed by atoms with Crippen LogP contribution < -0.4 is 5.56 Å². The normalized spacial score (nSPS) is 11.1. The molecule has 2 aromatic heterocycles. The van der Waals surface area contributed by atoms with Crippen LogP contribution in [0.15, 0.2) is 23.0 Å². The Labute approximate surface area is 122 Å². The maximum Gasteiger partial charge on any atom is 0.335 e. The number of hydrogen-bond donors (Lipinski definition) is 2. The van der Waals surface area contributed by atoms with E-state index in [1.54, 1.807) is 6.07 Å². The molecule has 0 aliphatic rings. The first-order chi connectivity index (χ1) is 9.95. The summed E-state index contributed by atoms with van der Waals surface area (Å²) in [6.07, 6.45) is 0.188. The number of aromatic amines is 1. The molecule has 3 aromatic rings. The van der Waals surface area contributed by atoms with Gasteiger partial charge in [-0.05, 0) is 19.1 Å². The summed E-state index contributed by atoms with van der Waals surface area (Å²) < 4.78 is 0.668. The van der Waals surface area contributed by atoms with Gasteiger partial charge in [-0.1, -0.05) is 6.07 Å². The molecule has 0 saturated heterocycles. The first-order valence-corrected chi connectivity index (χ1v) is 6.95. The fourth-order valence-corrected chi connectivity index (χ4v) is 3.32. The average molecular weight is 302 g/mol. The molecule has 0 saturated carbocycles. The fraction of sp³-hybridized carbons (Fsp3) is 0.143. The standard InChI is InChI=1S/C14H10N2O4S/c1-6(17)4-10-16-11-12(21-10)8-3-2-7(14(19)20)5-9(8)15-13(11)18/h2-3,5H,4H2,1H3,(H,15,18)(H,19,20). The van der Waals surface area contributed by atoms with Gasteiger partial charge in [0.05, 0.1) is 22.2 Å². The van der Waals surface area contributed by atoms with Crippen LogP contribution in [0.1, 0.15) is 22.3 Å². The summed E-state index contributed by atoms with van der Waals surface area (Å²) in [5, 5.41) is 10.3. The Kier molecular flexibility index (Phi) is 3.06. The van der Waals surface area contributed by atoms with Gasteiger partial charge in [0, 0.05) is 5.39 Å². The second-order valence-electron chi connectivity index (χ2n) is 4.68. The van der Waals surface area contributed by atoms with Crippen molar-refractivity contribution in [2.24, 2.45) is 0 Å². The highest BCUT2D eigenvalue weighted by Gasteiger charge is 2.14. The molecular formula is C14H10N2O4S. The summed E-state index contributed by atoms with van der Waals surface area (Å²) >= 11 is 1.28. The number of nitrogens with one attached hydrogen (secondary N) is 1. The summed E-state index contributed by atoms with van der Waals surface area (Å²) in [5.41, 5.74) is 0.453. The van der Waals surface area contributed by atoms with Crippen LogP contribution in [0.3, 0.4) is 0 Å². The molecule has 2 N–H and O–H groups in total. The zero-order valence-electron chi connectivity index (χ0n) is 11.0. The predicted octanol–water partition coefficient (Wildman–Crippen LogP) is 1.97. The van der Waals surface area contributed by atoms with Crippen molar-refractivity contribution in [3.8, 4) is 0 Å². The Morgan fingerprint density at radius 1 is 1.38 bits per heavy atom. The number of rotatable bonds is 3. The molecule has 0 unspecified atom stereocenters. The number of aromatic nitrogens is 2. The second kappa shape index (κ2) is 4.78. The summed E-state index contributed by atoms with van der Waals surface area (Å²) in [4.78, 5) is 41.0. The van der Waals surface area contributed by atoms with E-state index in [1.807, 2.05) is 0 Å². The minimum absolute atomic E-state index is 0.0250. The quantitative estimate of drug-likeness (QED) is 0.770. The second-order valence-corrected chi connectivity index (χ2v) is 5.77. The number of carboxylic acids is 1. The third-order valence-electron chi connectivity index (χ3n) is 3.05. The molecule has 21 heavy (non-hydrogen) atoms. The summed E-state index contributed by atoms with van der Waals surface area (Å²) in [6, 6.07) is 4.54. The zero-order chi connectivity index (χ0) is 15.1. The first-order valence-electron chi connectivity index (χ1n) is 6.14. The zero-order valence-corrected chi connectivity index (χ0v) is 11.8. The summed E-state index contributed by atoms with van der Waals surface area (Å²) in [6.45, 7) is 1.47. The number of carbonyl (C=O) groups excluding carboxylic acids is 1. The fourth-order valence-electron chi connectivity index (χ4n) is 2.15. The lowest BCUT2D eigenvalue weighted by Crippen LogP contribution is -2.07. The molecule has 1 aromatic carbocycles. The van der Waals surface area contributed by atoms with Crippen molar-refractivity contribution in [3.63, 3.8) is 0 Å². The Hall–Kier alpha value is -2.54. The van der Waals surface area contributed by atoms with Crippen molar-refractivity contribution < 1.29 is 14.7 Å². The van der Waals surface area contributed by atoms with E-state index in [2.05, 4.69) is 9.97 Å². The number of ketones is 1. The average Bonchev–Trinajstić information content (AvgIpc) is 2.81. The van der Waals surface area contributed by atoms with Crippen molar-refractivity contribution in [1.29, 1.82) is 0 Å². The molecule has 3 rings (SSSR count). The van der Waals surface area contributed by atoms with E-state index in [-0.39, 0.29) is 28.8 Å². The number of nitrogens with zero attached hydrogens (tertiary/aromatic N) is 1. The maximum atomic E-state index is 12.0. The van der Waals surface area contributed by atoms with Gasteiger partial charge < -0.3 is 10.1 Å². The highest BCUT2D eigenvalue weighted by atomic mass is 32.1. The third-order valence-corrected chi connectivity index (χ3v) is 4.13. The monoisotopic (exact) mass is 302 g/mol. The van der Waals surface area contributed by atoms with E-state index in [0.29, 0.717) is 15.2 Å². The SMILES string of the molecule is CC(=O)Cc1nc2c(=O)[nH]c3cc(C(=O)O)ccc3c2s1. The number of H-pyrrole nitrogens is 1. The Balaban J connectivity index is 2.32. The number of pyridine rings is 1. The molecule has 106 valence electrons. The van der Waals surface area contributed by atoms with E-state index in [4.69, 9.17) is 5.11 Å². The number of carboxylic acid groups (broad SMARTS) is 1. The van der Waals surface area contributed by atoms with Crippen molar-refractivity contribution >= 4 is 44.2 Å². The minimum atomic E-state index is -1.06. The Morgan fingerprint density at radius 2 is 2.14 bits per heavy atom. The smallest absolute Gasteiger partial charge is 0.335 e. The van der Waals surface area contributed by atoms with Gasteiger partial charge in [-0.3, -0.25) is 9.59 Å². The number of carbonyl (C=O) groups is 2. The lowest BCUT2D eigenvalue weighted by molar-refractivity contribution is -0.116. The van der Waals surface area contributed by atoms with E-state index in [1.165, 1.54) is 30.4 Å². The molecule has 7 heteroatoms. The highest BCUT2D eigenvalue weighted by Crippen LogP contribution is 2.28. The lowest BCUT2D eigenvalue weighted by Gasteiger charge is -2.00. The van der Waals surface area contributed by atoms with E-state index < -0.39 is 5.97 Å². The molecule has 0 bridgehead atoms. The number of hydrogen-bond acceptors (Lipinski definition) is 5. The predicted molar refractivity (Wildman–Crippen MR) is 79.1 cm³/mol. The molecular weight excluding hydrogens is 292 g/mol. The van der Waals surface area contributed by atoms with Crippen molar-refractivity contribution in [2.75, 3.05) is 0 Å². The number of aromatic carboxylic acids is 1. The Morgan fingerprint density at radius 3 is 2.81 bits per heavy atom. The Bertz CT molecular complexity index is 955. The highest BCUT2D eigenvalue weighted by molar-refractivity contribution is 7.19. The van der Waals surface area contributed by atoms with Crippen LogP contribution in [0, 0.1) is 0 Å². The van der Waals surface area contributed by atoms with Gasteiger partial charge in [-0.25, -0.2) is 9.78 Å². The van der Waals surface area contributed by atoms with Crippen LogP contribution in [0.25, 0.3) is 21.1 Å². The topological polar surface area (TPSA) is 100 Å². The molecule has 0 amide bonds. The van der Waals surface area contributed by atoms with E-state index in [0.717, 1.165) is 5.39 Å². The lowest BCUT2D eigenvalue weighted by atomic mass is 10.1. The number of benzene rings is 1. The summed E-state index contributed by atoms with van der Waals surface area (Å²) in [5.74, 6) is -1.08. The minimum Gasteiger partial charge on any atom is -0.478 e. The van der Waals surface area contributed by atoms with Crippen molar-refractivity contribution in [2.45, 2.75) is 13.3 Å². The van der Waals surface area contributed by atoms with Gasteiger partial charge >= 0.3 is 5.97 Å². The molecule has 6 nitrogen and oxygen atoms in total. The molecule has 0 aliphatic carbocycles. The largest absolute Gasteiger partial charge is 0.478 e. The number of thiazole rings is 1. The van der Waals surface area contributed by atoms with Crippen LogP contribution in [0.2, 0.25) is 0 Å². The molecule has 2 heterocycles. The van der Waals surface area contributed by atoms with E-state index >= 15 is 0 Å². The van der Waals surface area contributed by atoms with Crippen LogP contribution >= 0.6 is 11.3 Å². The molecule has 0 aliphatic heterocycles. The molecule has 0 spiro atoms. The van der Waals surface area contributed by atoms with Gasteiger partial charge in [-0.2, -0.15) is 0 Å². The van der Waals surface area contributed by atoms with Gasteiger partial charge in [0.1, 0.15) is 16.3 Å². The van der Waals surface area contributed by atoms with Crippen LogP contribution in [-0.4, -0.2) is 26.8 Å². The molecule has 0 fully saturated rings. The van der Waals surface area contributed by atoms with Gasteiger partial charge in [0.25, 0.3) is 5.56 Å². The maximum absolute atomic E-state index is 12.0. The van der Waals surface area contributed by atoms with Gasteiger partial charge in [0.2, 0.25) is 0 Å². The van der Waals surface area contributed by atoms with Crippen molar-refractivity contribution in [3.05, 3.63) is 39.1 Å². The van der Waals surface area contributed by atoms with Crippen molar-refractivity contribution in [1.82, 2.24) is 9.97 Å². The van der Waals surface area contributed by atoms with Crippen LogP contribution in [0.5, 0.6) is 0 Å².